The van der Waals surface area contributed by atoms with Crippen molar-refractivity contribution in [1.29, 1.82) is 0 Å². The Hall–Kier alpha value is -0.980. The summed E-state index contributed by atoms with van der Waals surface area (Å²) in [6.45, 7) is 5.48. The van der Waals surface area contributed by atoms with Gasteiger partial charge in [0.1, 0.15) is 0 Å². The zero-order valence-electron chi connectivity index (χ0n) is 11.8. The smallest absolute Gasteiger partial charge is 0.223 e. The molecule has 6 heteroatoms. The van der Waals surface area contributed by atoms with Crippen molar-refractivity contribution in [2.24, 2.45) is 5.92 Å². The summed E-state index contributed by atoms with van der Waals surface area (Å²) in [5, 5.41) is 3.30. The highest BCUT2D eigenvalue weighted by molar-refractivity contribution is 7.09. The van der Waals surface area contributed by atoms with E-state index in [0.717, 1.165) is 32.7 Å². The summed E-state index contributed by atoms with van der Waals surface area (Å²) < 4.78 is 5.05. The topological polar surface area (TPSA) is 45.7 Å². The van der Waals surface area contributed by atoms with Gasteiger partial charge in [0.05, 0.1) is 11.6 Å². The van der Waals surface area contributed by atoms with Crippen molar-refractivity contribution in [3.05, 3.63) is 16.6 Å². The number of rotatable bonds is 6. The van der Waals surface area contributed by atoms with Crippen molar-refractivity contribution >= 4 is 17.2 Å². The molecule has 0 N–H and O–H groups in total. The number of nitrogens with zero attached hydrogens (tertiary/aromatic N) is 3. The summed E-state index contributed by atoms with van der Waals surface area (Å²) in [5.74, 6) is 1.37. The van der Waals surface area contributed by atoms with Crippen LogP contribution in [0.4, 0.5) is 0 Å². The van der Waals surface area contributed by atoms with Gasteiger partial charge in [0, 0.05) is 63.7 Å². The van der Waals surface area contributed by atoms with E-state index in [1.54, 1.807) is 18.4 Å². The van der Waals surface area contributed by atoms with Crippen LogP contribution in [-0.2, 0) is 9.53 Å². The first-order valence-electron chi connectivity index (χ1n) is 7.14. The van der Waals surface area contributed by atoms with Crippen LogP contribution in [-0.4, -0.2) is 67.1 Å². The third-order valence-electron chi connectivity index (χ3n) is 4.13. The number of methoxy groups -OCH3 is 1. The van der Waals surface area contributed by atoms with Crippen LogP contribution in [0, 0.1) is 5.92 Å². The van der Waals surface area contributed by atoms with E-state index in [-0.39, 0.29) is 5.91 Å². The van der Waals surface area contributed by atoms with Crippen LogP contribution in [0.25, 0.3) is 0 Å². The van der Waals surface area contributed by atoms with Crippen molar-refractivity contribution in [2.75, 3.05) is 46.4 Å². The molecule has 1 aromatic rings. The van der Waals surface area contributed by atoms with Gasteiger partial charge in [-0.15, -0.1) is 11.3 Å². The number of ether oxygens (including phenoxy) is 1. The van der Waals surface area contributed by atoms with E-state index in [1.807, 2.05) is 16.5 Å². The number of hydrogen-bond acceptors (Lipinski definition) is 5. The molecule has 2 fully saturated rings. The van der Waals surface area contributed by atoms with Crippen molar-refractivity contribution < 1.29 is 9.53 Å². The molecule has 2 saturated heterocycles. The zero-order valence-corrected chi connectivity index (χ0v) is 12.6. The normalized spacial score (nSPS) is 24.4. The maximum absolute atomic E-state index is 11.9. The van der Waals surface area contributed by atoms with Crippen molar-refractivity contribution in [3.63, 3.8) is 0 Å². The molecule has 1 atom stereocenters. The lowest BCUT2D eigenvalue weighted by Gasteiger charge is -2.39. The number of amides is 1. The lowest BCUT2D eigenvalue weighted by atomic mass is 9.98. The number of hydrogen-bond donors (Lipinski definition) is 0. The molecule has 1 aromatic heterocycles. The summed E-state index contributed by atoms with van der Waals surface area (Å²) in [6.07, 6.45) is 2.58. The summed E-state index contributed by atoms with van der Waals surface area (Å²) >= 11 is 1.75. The maximum atomic E-state index is 11.9. The van der Waals surface area contributed by atoms with E-state index < -0.39 is 0 Å². The monoisotopic (exact) mass is 295 g/mol. The van der Waals surface area contributed by atoms with Gasteiger partial charge in [0.15, 0.2) is 0 Å². The Labute approximate surface area is 123 Å². The van der Waals surface area contributed by atoms with Crippen LogP contribution in [0.5, 0.6) is 0 Å². The van der Waals surface area contributed by atoms with E-state index in [9.17, 15) is 4.79 Å². The maximum Gasteiger partial charge on any atom is 0.223 e. The number of carbonyl (C=O) groups excluding carboxylic acids is 1. The first-order chi connectivity index (χ1) is 9.76. The van der Waals surface area contributed by atoms with Crippen molar-refractivity contribution in [2.45, 2.75) is 12.3 Å². The molecule has 110 valence electrons. The number of likely N-dealkylation sites (tertiary alicyclic amines) is 2. The second-order valence-electron chi connectivity index (χ2n) is 5.69. The molecule has 20 heavy (non-hydrogen) atoms. The van der Waals surface area contributed by atoms with E-state index in [1.165, 1.54) is 5.01 Å². The molecule has 2 aliphatic heterocycles. The average Bonchev–Trinajstić information content (AvgIpc) is 3.01. The molecular formula is C14H21N3O2S. The summed E-state index contributed by atoms with van der Waals surface area (Å²) in [4.78, 5) is 20.6. The number of aromatic nitrogens is 1. The predicted molar refractivity (Wildman–Crippen MR) is 77.9 cm³/mol. The van der Waals surface area contributed by atoms with E-state index in [2.05, 4.69) is 9.88 Å². The predicted octanol–water partition coefficient (Wildman–Crippen LogP) is 1.04. The molecule has 0 spiro atoms. The second kappa shape index (κ2) is 6.20. The third-order valence-corrected chi connectivity index (χ3v) is 5.07. The fourth-order valence-corrected chi connectivity index (χ4v) is 3.79. The Morgan fingerprint density at radius 3 is 3.00 bits per heavy atom. The van der Waals surface area contributed by atoms with Gasteiger partial charge < -0.3 is 14.5 Å². The molecule has 0 bridgehead atoms. The van der Waals surface area contributed by atoms with Gasteiger partial charge in [-0.2, -0.15) is 0 Å². The Morgan fingerprint density at radius 1 is 1.45 bits per heavy atom. The lowest BCUT2D eigenvalue weighted by molar-refractivity contribution is -0.128. The third kappa shape index (κ3) is 3.02. The van der Waals surface area contributed by atoms with Crippen molar-refractivity contribution in [3.8, 4) is 0 Å². The first kappa shape index (κ1) is 14.0. The van der Waals surface area contributed by atoms with E-state index >= 15 is 0 Å². The molecule has 0 aromatic carbocycles. The van der Waals surface area contributed by atoms with Crippen LogP contribution in [0.1, 0.15) is 17.3 Å². The summed E-state index contributed by atoms with van der Waals surface area (Å²) in [7, 11) is 1.68. The molecule has 1 amide bonds. The van der Waals surface area contributed by atoms with Crippen molar-refractivity contribution in [1.82, 2.24) is 14.8 Å². The van der Waals surface area contributed by atoms with Gasteiger partial charge in [-0.1, -0.05) is 0 Å². The van der Waals surface area contributed by atoms with Gasteiger partial charge in [-0.25, -0.2) is 4.98 Å². The molecule has 0 radical (unpaired) electrons. The van der Waals surface area contributed by atoms with E-state index in [0.29, 0.717) is 24.9 Å². The van der Waals surface area contributed by atoms with Gasteiger partial charge in [0.25, 0.3) is 0 Å². The molecule has 2 aliphatic rings. The molecule has 0 saturated carbocycles. The van der Waals surface area contributed by atoms with Crippen LogP contribution in [0.3, 0.4) is 0 Å². The standard InChI is InChI=1S/C14H21N3O2S/c1-19-4-3-17-8-11(6-13(17)18)7-16-9-12(10-16)14-15-2-5-20-14/h2,5,11-12H,3-4,6-10H2,1H3/t11-/m1/s1. The Morgan fingerprint density at radius 2 is 2.30 bits per heavy atom. The quantitative estimate of drug-likeness (QED) is 0.786. The fourth-order valence-electron chi connectivity index (χ4n) is 3.07. The van der Waals surface area contributed by atoms with Crippen LogP contribution < -0.4 is 0 Å². The van der Waals surface area contributed by atoms with E-state index in [4.69, 9.17) is 4.74 Å². The fraction of sp³-hybridized carbons (Fsp3) is 0.714. The van der Waals surface area contributed by atoms with Gasteiger partial charge in [0.2, 0.25) is 5.91 Å². The minimum atomic E-state index is 0.282. The largest absolute Gasteiger partial charge is 0.383 e. The first-order valence-corrected chi connectivity index (χ1v) is 8.02. The second-order valence-corrected chi connectivity index (χ2v) is 6.61. The van der Waals surface area contributed by atoms with Gasteiger partial charge >= 0.3 is 0 Å². The Balaban J connectivity index is 1.41. The lowest BCUT2D eigenvalue weighted by Crippen LogP contribution is -2.47. The molecule has 3 rings (SSSR count). The highest BCUT2D eigenvalue weighted by atomic mass is 32.1. The molecule has 0 unspecified atom stereocenters. The molecule has 5 nitrogen and oxygen atoms in total. The highest BCUT2D eigenvalue weighted by Crippen LogP contribution is 2.30. The SMILES string of the molecule is COCCN1C[C@@H](CN2CC(c3nccs3)C2)CC1=O. The van der Waals surface area contributed by atoms with Crippen LogP contribution in [0.2, 0.25) is 0 Å². The average molecular weight is 295 g/mol. The summed E-state index contributed by atoms with van der Waals surface area (Å²) in [6, 6.07) is 0. The van der Waals surface area contributed by atoms with Gasteiger partial charge in [-0.05, 0) is 5.92 Å². The summed E-state index contributed by atoms with van der Waals surface area (Å²) in [5.41, 5.74) is 0. The Kier molecular flexibility index (Phi) is 4.33. The molecular weight excluding hydrogens is 274 g/mol. The van der Waals surface area contributed by atoms with Crippen LogP contribution in [0.15, 0.2) is 11.6 Å². The minimum Gasteiger partial charge on any atom is -0.383 e. The molecule has 3 heterocycles. The Bertz CT molecular complexity index is 445. The van der Waals surface area contributed by atoms with Crippen LogP contribution >= 0.6 is 11.3 Å². The number of carbonyl (C=O) groups is 1. The minimum absolute atomic E-state index is 0.282. The van der Waals surface area contributed by atoms with Gasteiger partial charge in [-0.3, -0.25) is 4.79 Å². The number of thiazole rings is 1. The highest BCUT2D eigenvalue weighted by Gasteiger charge is 2.35. The molecule has 0 aliphatic carbocycles. The zero-order chi connectivity index (χ0) is 13.9.